The Morgan fingerprint density at radius 1 is 1.32 bits per heavy atom. The number of aliphatic carboxylic acids is 1. The van der Waals surface area contributed by atoms with Gasteiger partial charge in [0.05, 0.1) is 11.6 Å². The van der Waals surface area contributed by atoms with E-state index in [0.29, 0.717) is 0 Å². The lowest BCUT2D eigenvalue weighted by molar-refractivity contribution is -0.141. The second kappa shape index (κ2) is 4.90. The molecule has 1 saturated heterocycles. The predicted molar refractivity (Wildman–Crippen MR) is 62.3 cm³/mol. The molecular formula is C10H6Cl2F2N2O3. The van der Waals surface area contributed by atoms with E-state index in [0.717, 1.165) is 4.90 Å². The molecule has 0 saturated carbocycles. The molecule has 19 heavy (non-hydrogen) atoms. The van der Waals surface area contributed by atoms with Gasteiger partial charge in [-0.15, -0.1) is 0 Å². The summed E-state index contributed by atoms with van der Waals surface area (Å²) in [6.07, 6.45) is -0.284. The van der Waals surface area contributed by atoms with Crippen LogP contribution in [0.4, 0.5) is 14.5 Å². The van der Waals surface area contributed by atoms with E-state index in [2.05, 4.69) is 4.98 Å². The number of hydrogen-bond acceptors (Lipinski definition) is 3. The van der Waals surface area contributed by atoms with Crippen LogP contribution in [0.3, 0.4) is 0 Å². The van der Waals surface area contributed by atoms with E-state index in [1.54, 1.807) is 0 Å². The molecule has 1 aliphatic heterocycles. The van der Waals surface area contributed by atoms with Gasteiger partial charge in [-0.05, 0) is 0 Å². The number of pyridine rings is 1. The highest BCUT2D eigenvalue weighted by Gasteiger charge is 2.38. The predicted octanol–water partition coefficient (Wildman–Crippen LogP) is 2.10. The minimum Gasteiger partial charge on any atom is -0.481 e. The van der Waals surface area contributed by atoms with Gasteiger partial charge in [0, 0.05) is 13.0 Å². The zero-order valence-corrected chi connectivity index (χ0v) is 10.7. The van der Waals surface area contributed by atoms with E-state index in [1.807, 2.05) is 0 Å². The molecule has 2 rings (SSSR count). The van der Waals surface area contributed by atoms with Crippen LogP contribution in [0.2, 0.25) is 10.0 Å². The Morgan fingerprint density at radius 2 is 1.84 bits per heavy atom. The molecule has 1 N–H and O–H groups in total. The summed E-state index contributed by atoms with van der Waals surface area (Å²) in [6.45, 7) is -0.253. The Bertz CT molecular complexity index is 556. The summed E-state index contributed by atoms with van der Waals surface area (Å²) in [4.78, 5) is 26.2. The van der Waals surface area contributed by atoms with Crippen molar-refractivity contribution in [3.8, 4) is 0 Å². The SMILES string of the molecule is O=C(O)C1CC(=O)N(c2c(Cl)c(F)nc(F)c2Cl)C1. The number of aromatic nitrogens is 1. The van der Waals surface area contributed by atoms with Gasteiger partial charge in [-0.2, -0.15) is 13.8 Å². The molecule has 0 spiro atoms. The fourth-order valence-electron chi connectivity index (χ4n) is 1.80. The highest BCUT2D eigenvalue weighted by atomic mass is 35.5. The van der Waals surface area contributed by atoms with Gasteiger partial charge in [-0.1, -0.05) is 23.2 Å². The van der Waals surface area contributed by atoms with Crippen LogP contribution in [-0.2, 0) is 9.59 Å². The van der Waals surface area contributed by atoms with Crippen LogP contribution in [0.1, 0.15) is 6.42 Å². The van der Waals surface area contributed by atoms with Crippen molar-refractivity contribution in [1.29, 1.82) is 0 Å². The van der Waals surface area contributed by atoms with Crippen LogP contribution in [-0.4, -0.2) is 28.5 Å². The molecule has 1 atom stereocenters. The van der Waals surface area contributed by atoms with Crippen molar-refractivity contribution in [1.82, 2.24) is 4.98 Å². The van der Waals surface area contributed by atoms with Gasteiger partial charge in [0.25, 0.3) is 0 Å². The van der Waals surface area contributed by atoms with Crippen molar-refractivity contribution in [3.05, 3.63) is 21.9 Å². The van der Waals surface area contributed by atoms with E-state index in [-0.39, 0.29) is 18.7 Å². The molecule has 0 radical (unpaired) electrons. The highest BCUT2D eigenvalue weighted by molar-refractivity contribution is 6.40. The smallest absolute Gasteiger partial charge is 0.308 e. The molecular weight excluding hydrogens is 305 g/mol. The first-order valence-corrected chi connectivity index (χ1v) is 5.81. The maximum absolute atomic E-state index is 13.3. The van der Waals surface area contributed by atoms with Crippen molar-refractivity contribution < 1.29 is 23.5 Å². The molecule has 0 aliphatic carbocycles. The van der Waals surface area contributed by atoms with E-state index in [1.165, 1.54) is 0 Å². The zero-order valence-electron chi connectivity index (χ0n) is 9.16. The summed E-state index contributed by atoms with van der Waals surface area (Å²) in [5, 5.41) is 7.60. The number of carboxylic acids is 1. The molecule has 102 valence electrons. The Morgan fingerprint density at radius 3 is 2.26 bits per heavy atom. The molecule has 2 heterocycles. The third-order valence-electron chi connectivity index (χ3n) is 2.72. The quantitative estimate of drug-likeness (QED) is 0.849. The summed E-state index contributed by atoms with van der Waals surface area (Å²) in [5.74, 6) is -5.41. The number of halogens is 4. The lowest BCUT2D eigenvalue weighted by Crippen LogP contribution is -2.27. The van der Waals surface area contributed by atoms with Crippen molar-refractivity contribution in [3.63, 3.8) is 0 Å². The van der Waals surface area contributed by atoms with Gasteiger partial charge in [0.2, 0.25) is 17.8 Å². The Hall–Kier alpha value is -1.47. The standard InChI is InChI=1S/C10H6Cl2F2N2O3/c11-5-7(6(12)9(14)15-8(5)13)16-2-3(10(18)19)1-4(16)17/h3H,1-2H2,(H,18,19). The molecule has 0 aromatic carbocycles. The van der Waals surface area contributed by atoms with E-state index in [9.17, 15) is 18.4 Å². The molecule has 5 nitrogen and oxygen atoms in total. The van der Waals surface area contributed by atoms with Gasteiger partial charge in [-0.25, -0.2) is 0 Å². The first kappa shape index (κ1) is 14.0. The number of nitrogens with zero attached hydrogens (tertiary/aromatic N) is 2. The average molecular weight is 311 g/mol. The topological polar surface area (TPSA) is 70.5 Å². The zero-order chi connectivity index (χ0) is 14.3. The monoisotopic (exact) mass is 310 g/mol. The largest absolute Gasteiger partial charge is 0.481 e. The molecule has 9 heteroatoms. The lowest BCUT2D eigenvalue weighted by Gasteiger charge is -2.19. The maximum atomic E-state index is 13.3. The Kier molecular flexibility index (Phi) is 3.60. The molecule has 1 aliphatic rings. The minimum absolute atomic E-state index is 0.253. The third-order valence-corrected chi connectivity index (χ3v) is 3.39. The van der Waals surface area contributed by atoms with Crippen LogP contribution in [0.5, 0.6) is 0 Å². The number of carbonyl (C=O) groups is 2. The number of rotatable bonds is 2. The molecule has 1 fully saturated rings. The molecule has 1 unspecified atom stereocenters. The van der Waals surface area contributed by atoms with Gasteiger partial charge in [-0.3, -0.25) is 9.59 Å². The van der Waals surface area contributed by atoms with Gasteiger partial charge < -0.3 is 10.0 Å². The van der Waals surface area contributed by atoms with Crippen molar-refractivity contribution in [2.45, 2.75) is 6.42 Å². The van der Waals surface area contributed by atoms with Crippen LogP contribution in [0.25, 0.3) is 0 Å². The number of carbonyl (C=O) groups excluding carboxylic acids is 1. The fraction of sp³-hybridized carbons (Fsp3) is 0.300. The van der Waals surface area contributed by atoms with Crippen LogP contribution in [0.15, 0.2) is 0 Å². The summed E-state index contributed by atoms with van der Waals surface area (Å²) in [5.41, 5.74) is -0.387. The first-order valence-electron chi connectivity index (χ1n) is 5.06. The van der Waals surface area contributed by atoms with E-state index in [4.69, 9.17) is 28.3 Å². The number of amides is 1. The second-order valence-electron chi connectivity index (χ2n) is 3.91. The van der Waals surface area contributed by atoms with Crippen LogP contribution < -0.4 is 4.90 Å². The van der Waals surface area contributed by atoms with E-state index < -0.39 is 39.7 Å². The molecule has 1 aromatic heterocycles. The van der Waals surface area contributed by atoms with Crippen LogP contribution >= 0.6 is 23.2 Å². The Labute approximate surface area is 115 Å². The summed E-state index contributed by atoms with van der Waals surface area (Å²) in [7, 11) is 0. The molecule has 1 amide bonds. The summed E-state index contributed by atoms with van der Waals surface area (Å²) < 4.78 is 26.5. The highest BCUT2D eigenvalue weighted by Crippen LogP contribution is 2.39. The molecule has 0 bridgehead atoms. The lowest BCUT2D eigenvalue weighted by atomic mass is 10.1. The summed E-state index contributed by atoms with van der Waals surface area (Å²) >= 11 is 11.2. The Balaban J connectivity index is 2.48. The molecule has 1 aromatic rings. The number of anilines is 1. The average Bonchev–Trinajstić information content (AvgIpc) is 2.70. The number of carboxylic acid groups (broad SMARTS) is 1. The van der Waals surface area contributed by atoms with Crippen molar-refractivity contribution in [2.24, 2.45) is 5.92 Å². The van der Waals surface area contributed by atoms with E-state index >= 15 is 0 Å². The second-order valence-corrected chi connectivity index (χ2v) is 4.67. The fourth-order valence-corrected chi connectivity index (χ4v) is 2.33. The van der Waals surface area contributed by atoms with Gasteiger partial charge in [0.15, 0.2) is 0 Å². The third kappa shape index (κ3) is 2.35. The van der Waals surface area contributed by atoms with Crippen molar-refractivity contribution >= 4 is 40.8 Å². The number of hydrogen-bond donors (Lipinski definition) is 1. The minimum atomic E-state index is -1.31. The normalized spacial score (nSPS) is 19.1. The first-order chi connectivity index (χ1) is 8.82. The summed E-state index contributed by atoms with van der Waals surface area (Å²) in [6, 6.07) is 0. The van der Waals surface area contributed by atoms with Gasteiger partial charge >= 0.3 is 5.97 Å². The van der Waals surface area contributed by atoms with Crippen LogP contribution in [0, 0.1) is 17.8 Å². The van der Waals surface area contributed by atoms with Gasteiger partial charge in [0.1, 0.15) is 10.0 Å². The van der Waals surface area contributed by atoms with Crippen molar-refractivity contribution in [2.75, 3.05) is 11.4 Å². The maximum Gasteiger partial charge on any atom is 0.308 e.